The Morgan fingerprint density at radius 3 is 2.17 bits per heavy atom. The van der Waals surface area contributed by atoms with Crippen molar-refractivity contribution in [2.24, 2.45) is 11.8 Å². The number of nitrogens with zero attached hydrogens (tertiary/aromatic N) is 2. The van der Waals surface area contributed by atoms with Crippen LogP contribution >= 0.6 is 0 Å². The smallest absolute Gasteiger partial charge is 0.0122 e. The Morgan fingerprint density at radius 1 is 1.00 bits per heavy atom. The number of hydrogen-bond acceptors (Lipinski definition) is 3. The summed E-state index contributed by atoms with van der Waals surface area (Å²) < 4.78 is 0. The van der Waals surface area contributed by atoms with Crippen molar-refractivity contribution in [1.82, 2.24) is 15.1 Å². The van der Waals surface area contributed by atoms with Crippen LogP contribution in [0.5, 0.6) is 0 Å². The van der Waals surface area contributed by atoms with Gasteiger partial charge in [-0.1, -0.05) is 13.8 Å². The Kier molecular flexibility index (Phi) is 5.05. The van der Waals surface area contributed by atoms with Crippen molar-refractivity contribution in [3.8, 4) is 0 Å². The van der Waals surface area contributed by atoms with E-state index in [4.69, 9.17) is 0 Å². The first-order valence-electron chi connectivity index (χ1n) is 7.71. The summed E-state index contributed by atoms with van der Waals surface area (Å²) in [5, 5.41) is 3.59. The molecule has 2 aliphatic heterocycles. The zero-order valence-electron chi connectivity index (χ0n) is 12.7. The molecule has 18 heavy (non-hydrogen) atoms. The van der Waals surface area contributed by atoms with Gasteiger partial charge in [0.25, 0.3) is 0 Å². The summed E-state index contributed by atoms with van der Waals surface area (Å²) in [4.78, 5) is 5.30. The maximum atomic E-state index is 3.59. The SMILES string of the molecule is CC1CNCC(C)CN(C2CCN(C)C(C)C2)C1. The average molecular weight is 253 g/mol. The third kappa shape index (κ3) is 3.69. The van der Waals surface area contributed by atoms with Crippen molar-refractivity contribution in [3.05, 3.63) is 0 Å². The number of nitrogens with one attached hydrogen (secondary N) is 1. The van der Waals surface area contributed by atoms with Gasteiger partial charge in [0.2, 0.25) is 0 Å². The number of likely N-dealkylation sites (tertiary alicyclic amines) is 1. The van der Waals surface area contributed by atoms with Gasteiger partial charge >= 0.3 is 0 Å². The number of rotatable bonds is 1. The highest BCUT2D eigenvalue weighted by molar-refractivity contribution is 4.86. The number of hydrogen-bond donors (Lipinski definition) is 1. The van der Waals surface area contributed by atoms with Gasteiger partial charge in [0.1, 0.15) is 0 Å². The first kappa shape index (κ1) is 14.3. The second-order valence-corrected chi connectivity index (χ2v) is 6.83. The molecular formula is C15H31N3. The number of piperidine rings is 1. The van der Waals surface area contributed by atoms with E-state index < -0.39 is 0 Å². The highest BCUT2D eigenvalue weighted by atomic mass is 15.2. The summed E-state index contributed by atoms with van der Waals surface area (Å²) in [6, 6.07) is 1.57. The molecule has 0 radical (unpaired) electrons. The van der Waals surface area contributed by atoms with Crippen molar-refractivity contribution in [2.75, 3.05) is 39.8 Å². The van der Waals surface area contributed by atoms with Gasteiger partial charge in [-0.05, 0) is 58.3 Å². The maximum absolute atomic E-state index is 3.59. The van der Waals surface area contributed by atoms with Gasteiger partial charge in [0, 0.05) is 25.2 Å². The van der Waals surface area contributed by atoms with Gasteiger partial charge in [-0.3, -0.25) is 4.90 Å². The monoisotopic (exact) mass is 253 g/mol. The lowest BCUT2D eigenvalue weighted by molar-refractivity contribution is 0.0627. The van der Waals surface area contributed by atoms with Gasteiger partial charge in [-0.15, -0.1) is 0 Å². The summed E-state index contributed by atoms with van der Waals surface area (Å²) in [5.74, 6) is 1.57. The summed E-state index contributed by atoms with van der Waals surface area (Å²) >= 11 is 0. The van der Waals surface area contributed by atoms with Crippen LogP contribution in [0.1, 0.15) is 33.6 Å². The zero-order valence-corrected chi connectivity index (χ0v) is 12.7. The van der Waals surface area contributed by atoms with Gasteiger partial charge in [-0.25, -0.2) is 0 Å². The molecule has 0 aromatic rings. The van der Waals surface area contributed by atoms with E-state index in [-0.39, 0.29) is 0 Å². The first-order valence-corrected chi connectivity index (χ1v) is 7.71. The molecule has 2 saturated heterocycles. The van der Waals surface area contributed by atoms with E-state index in [9.17, 15) is 0 Å². The van der Waals surface area contributed by atoms with Gasteiger partial charge in [0.05, 0.1) is 0 Å². The van der Waals surface area contributed by atoms with Crippen molar-refractivity contribution in [3.63, 3.8) is 0 Å². The Bertz CT molecular complexity index is 244. The summed E-state index contributed by atoms with van der Waals surface area (Å²) in [5.41, 5.74) is 0. The van der Waals surface area contributed by atoms with E-state index in [2.05, 4.69) is 42.9 Å². The normalized spacial score (nSPS) is 41.3. The van der Waals surface area contributed by atoms with Crippen LogP contribution in [-0.2, 0) is 0 Å². The fraction of sp³-hybridized carbons (Fsp3) is 1.00. The van der Waals surface area contributed by atoms with E-state index in [0.717, 1.165) is 23.9 Å². The zero-order chi connectivity index (χ0) is 13.1. The van der Waals surface area contributed by atoms with Crippen LogP contribution in [0.25, 0.3) is 0 Å². The molecule has 2 heterocycles. The molecule has 0 aromatic carbocycles. The molecule has 2 rings (SSSR count). The molecule has 0 saturated carbocycles. The highest BCUT2D eigenvalue weighted by Gasteiger charge is 2.29. The van der Waals surface area contributed by atoms with Gasteiger partial charge in [0.15, 0.2) is 0 Å². The third-order valence-electron chi connectivity index (χ3n) is 4.78. The molecule has 4 atom stereocenters. The Morgan fingerprint density at radius 2 is 1.61 bits per heavy atom. The van der Waals surface area contributed by atoms with E-state index in [1.165, 1.54) is 45.6 Å². The van der Waals surface area contributed by atoms with Crippen LogP contribution in [0.4, 0.5) is 0 Å². The van der Waals surface area contributed by atoms with Crippen LogP contribution < -0.4 is 5.32 Å². The van der Waals surface area contributed by atoms with Gasteiger partial charge < -0.3 is 10.2 Å². The molecule has 0 bridgehead atoms. The third-order valence-corrected chi connectivity index (χ3v) is 4.78. The largest absolute Gasteiger partial charge is 0.316 e. The summed E-state index contributed by atoms with van der Waals surface area (Å²) in [7, 11) is 2.27. The Hall–Kier alpha value is -0.120. The standard InChI is InChI=1S/C15H31N3/c1-12-8-16-9-13(2)11-18(10-12)15-5-6-17(4)14(3)7-15/h12-16H,5-11H2,1-4H3. The minimum atomic E-state index is 0.748. The molecule has 0 aliphatic carbocycles. The summed E-state index contributed by atoms with van der Waals surface area (Å²) in [6.07, 6.45) is 2.71. The van der Waals surface area contributed by atoms with E-state index >= 15 is 0 Å². The molecule has 3 heteroatoms. The lowest BCUT2D eigenvalue weighted by Crippen LogP contribution is -2.52. The lowest BCUT2D eigenvalue weighted by Gasteiger charge is -2.43. The minimum absolute atomic E-state index is 0.748. The second-order valence-electron chi connectivity index (χ2n) is 6.83. The maximum Gasteiger partial charge on any atom is 0.0122 e. The van der Waals surface area contributed by atoms with Crippen molar-refractivity contribution in [2.45, 2.75) is 45.7 Å². The molecule has 2 aliphatic rings. The fourth-order valence-electron chi connectivity index (χ4n) is 3.47. The quantitative estimate of drug-likeness (QED) is 0.766. The molecule has 0 aromatic heterocycles. The molecule has 0 amide bonds. The van der Waals surface area contributed by atoms with Crippen molar-refractivity contribution >= 4 is 0 Å². The topological polar surface area (TPSA) is 18.5 Å². The Balaban J connectivity index is 1.95. The predicted octanol–water partition coefficient (Wildman–Crippen LogP) is 1.65. The lowest BCUT2D eigenvalue weighted by atomic mass is 9.94. The van der Waals surface area contributed by atoms with Crippen LogP contribution in [0.2, 0.25) is 0 Å². The fourth-order valence-corrected chi connectivity index (χ4v) is 3.47. The van der Waals surface area contributed by atoms with Crippen molar-refractivity contribution in [1.29, 1.82) is 0 Å². The van der Waals surface area contributed by atoms with Crippen LogP contribution in [0.3, 0.4) is 0 Å². The average Bonchev–Trinajstić information content (AvgIpc) is 2.29. The molecule has 2 fully saturated rings. The highest BCUT2D eigenvalue weighted by Crippen LogP contribution is 2.23. The summed E-state index contributed by atoms with van der Waals surface area (Å²) in [6.45, 7) is 13.3. The van der Waals surface area contributed by atoms with Crippen LogP contribution in [0, 0.1) is 11.8 Å². The molecule has 0 spiro atoms. The predicted molar refractivity (Wildman–Crippen MR) is 77.9 cm³/mol. The molecule has 1 N–H and O–H groups in total. The minimum Gasteiger partial charge on any atom is -0.316 e. The molecule has 3 nitrogen and oxygen atoms in total. The molecule has 4 unspecified atom stereocenters. The van der Waals surface area contributed by atoms with Crippen molar-refractivity contribution < 1.29 is 0 Å². The van der Waals surface area contributed by atoms with Crippen LogP contribution in [-0.4, -0.2) is 61.7 Å². The second kappa shape index (κ2) is 6.36. The first-order chi connectivity index (χ1) is 8.56. The Labute approximate surface area is 113 Å². The molecular weight excluding hydrogens is 222 g/mol. The van der Waals surface area contributed by atoms with Gasteiger partial charge in [-0.2, -0.15) is 0 Å². The van der Waals surface area contributed by atoms with E-state index in [0.29, 0.717) is 0 Å². The van der Waals surface area contributed by atoms with E-state index in [1.807, 2.05) is 0 Å². The van der Waals surface area contributed by atoms with E-state index in [1.54, 1.807) is 0 Å². The molecule has 106 valence electrons. The van der Waals surface area contributed by atoms with Crippen LogP contribution in [0.15, 0.2) is 0 Å².